The van der Waals surface area contributed by atoms with Crippen LogP contribution in [0.5, 0.6) is 0 Å². The van der Waals surface area contributed by atoms with E-state index in [1.807, 2.05) is 12.1 Å². The van der Waals surface area contributed by atoms with Crippen molar-refractivity contribution in [3.05, 3.63) is 24.2 Å². The Morgan fingerprint density at radius 1 is 1.15 bits per heavy atom. The summed E-state index contributed by atoms with van der Waals surface area (Å²) in [7, 11) is 0. The molecule has 0 saturated carbocycles. The molecule has 4 rings (SSSR count). The van der Waals surface area contributed by atoms with Gasteiger partial charge >= 0.3 is 0 Å². The molecule has 7 heteroatoms. The molecule has 2 aromatic heterocycles. The summed E-state index contributed by atoms with van der Waals surface area (Å²) in [5, 5.41) is 4.03. The van der Waals surface area contributed by atoms with Gasteiger partial charge in [-0.15, -0.1) is 0 Å². The van der Waals surface area contributed by atoms with Gasteiger partial charge in [0.05, 0.1) is 5.56 Å². The van der Waals surface area contributed by atoms with Gasteiger partial charge in [-0.05, 0) is 44.2 Å². The van der Waals surface area contributed by atoms with Crippen LogP contribution in [0.4, 0.5) is 5.82 Å². The number of aromatic nitrogens is 3. The van der Waals surface area contributed by atoms with E-state index >= 15 is 0 Å². The molecule has 0 radical (unpaired) electrons. The van der Waals surface area contributed by atoms with Crippen LogP contribution >= 0.6 is 0 Å². The van der Waals surface area contributed by atoms with Crippen molar-refractivity contribution in [2.75, 3.05) is 31.1 Å². The number of carbonyl (C=O) groups excluding carboxylic acids is 1. The molecule has 1 amide bonds. The third-order valence-electron chi connectivity index (χ3n) is 5.37. The molecule has 0 N–H and O–H groups in total. The zero-order chi connectivity index (χ0) is 17.9. The molecule has 0 spiro atoms. The van der Waals surface area contributed by atoms with Gasteiger partial charge in [0.25, 0.3) is 0 Å². The Balaban J connectivity index is 1.44. The summed E-state index contributed by atoms with van der Waals surface area (Å²) >= 11 is 0. The Hall–Kier alpha value is -2.44. The molecular formula is C19H25N5O2. The van der Waals surface area contributed by atoms with Crippen LogP contribution in [-0.4, -0.2) is 52.1 Å². The number of nitrogens with zero attached hydrogens (tertiary/aromatic N) is 5. The highest BCUT2D eigenvalue weighted by atomic mass is 16.5. The fourth-order valence-corrected chi connectivity index (χ4v) is 3.94. The Morgan fingerprint density at radius 3 is 2.62 bits per heavy atom. The van der Waals surface area contributed by atoms with E-state index in [9.17, 15) is 4.79 Å². The minimum absolute atomic E-state index is 0.143. The van der Waals surface area contributed by atoms with Crippen LogP contribution < -0.4 is 4.90 Å². The number of aryl methyl sites for hydroxylation is 1. The summed E-state index contributed by atoms with van der Waals surface area (Å²) in [6.07, 6.45) is 7.07. The van der Waals surface area contributed by atoms with Crippen molar-refractivity contribution in [2.24, 2.45) is 5.92 Å². The molecule has 0 bridgehead atoms. The van der Waals surface area contributed by atoms with E-state index in [2.05, 4.69) is 24.9 Å². The Labute approximate surface area is 153 Å². The van der Waals surface area contributed by atoms with Crippen LogP contribution in [0.1, 0.15) is 38.0 Å². The summed E-state index contributed by atoms with van der Waals surface area (Å²) in [5.41, 5.74) is 0.880. The molecule has 0 unspecified atom stereocenters. The first-order valence-corrected chi connectivity index (χ1v) is 9.52. The number of piperidine rings is 2. The van der Waals surface area contributed by atoms with E-state index in [4.69, 9.17) is 4.52 Å². The van der Waals surface area contributed by atoms with E-state index in [0.29, 0.717) is 17.6 Å². The summed E-state index contributed by atoms with van der Waals surface area (Å²) in [6.45, 7) is 5.29. The molecule has 7 nitrogen and oxygen atoms in total. The lowest BCUT2D eigenvalue weighted by molar-refractivity contribution is -0.137. The lowest BCUT2D eigenvalue weighted by Crippen LogP contribution is -2.44. The molecule has 138 valence electrons. The second-order valence-electron chi connectivity index (χ2n) is 7.16. The van der Waals surface area contributed by atoms with E-state index in [1.165, 1.54) is 6.42 Å². The van der Waals surface area contributed by atoms with Crippen molar-refractivity contribution in [3.8, 4) is 11.4 Å². The van der Waals surface area contributed by atoms with Crippen molar-refractivity contribution < 1.29 is 9.32 Å². The SMILES string of the molecule is Cc1nc(-c2cccnc2N2CCC(C(=O)N3CCCCC3)CC2)no1. The average molecular weight is 355 g/mol. The molecule has 0 aromatic carbocycles. The maximum absolute atomic E-state index is 12.7. The third-order valence-corrected chi connectivity index (χ3v) is 5.37. The van der Waals surface area contributed by atoms with E-state index < -0.39 is 0 Å². The van der Waals surface area contributed by atoms with Crippen LogP contribution in [0.25, 0.3) is 11.4 Å². The van der Waals surface area contributed by atoms with Gasteiger partial charge < -0.3 is 14.3 Å². The van der Waals surface area contributed by atoms with Crippen molar-refractivity contribution in [1.29, 1.82) is 0 Å². The van der Waals surface area contributed by atoms with Gasteiger partial charge in [-0.25, -0.2) is 4.98 Å². The minimum atomic E-state index is 0.143. The molecule has 2 saturated heterocycles. The smallest absolute Gasteiger partial charge is 0.225 e. The molecule has 2 aliphatic rings. The minimum Gasteiger partial charge on any atom is -0.356 e. The second-order valence-corrected chi connectivity index (χ2v) is 7.16. The summed E-state index contributed by atoms with van der Waals surface area (Å²) in [4.78, 5) is 25.9. The van der Waals surface area contributed by atoms with Gasteiger partial charge in [0, 0.05) is 45.2 Å². The van der Waals surface area contributed by atoms with Crippen LogP contribution in [0, 0.1) is 12.8 Å². The summed E-state index contributed by atoms with van der Waals surface area (Å²) in [6, 6.07) is 3.86. The lowest BCUT2D eigenvalue weighted by atomic mass is 9.94. The van der Waals surface area contributed by atoms with E-state index in [1.54, 1.807) is 13.1 Å². The molecule has 2 fully saturated rings. The van der Waals surface area contributed by atoms with Crippen LogP contribution in [-0.2, 0) is 4.79 Å². The fraction of sp³-hybridized carbons (Fsp3) is 0.579. The third kappa shape index (κ3) is 3.43. The molecule has 26 heavy (non-hydrogen) atoms. The first-order valence-electron chi connectivity index (χ1n) is 9.52. The van der Waals surface area contributed by atoms with Gasteiger partial charge in [-0.3, -0.25) is 4.79 Å². The number of hydrogen-bond acceptors (Lipinski definition) is 6. The normalized spacial score (nSPS) is 19.0. The number of hydrogen-bond donors (Lipinski definition) is 0. The fourth-order valence-electron chi connectivity index (χ4n) is 3.94. The van der Waals surface area contributed by atoms with Crippen LogP contribution in [0.15, 0.2) is 22.9 Å². The number of amides is 1. The highest BCUT2D eigenvalue weighted by molar-refractivity contribution is 5.79. The van der Waals surface area contributed by atoms with Crippen molar-refractivity contribution >= 4 is 11.7 Å². The highest BCUT2D eigenvalue weighted by Crippen LogP contribution is 2.30. The number of rotatable bonds is 3. The van der Waals surface area contributed by atoms with Gasteiger partial charge in [0.15, 0.2) is 0 Å². The van der Waals surface area contributed by atoms with Crippen molar-refractivity contribution in [1.82, 2.24) is 20.0 Å². The van der Waals surface area contributed by atoms with Crippen molar-refractivity contribution in [3.63, 3.8) is 0 Å². The zero-order valence-electron chi connectivity index (χ0n) is 15.2. The molecular weight excluding hydrogens is 330 g/mol. The zero-order valence-corrected chi connectivity index (χ0v) is 15.2. The first-order chi connectivity index (χ1) is 12.7. The standard InChI is InChI=1S/C19H25N5O2/c1-14-21-17(22-26-14)16-6-5-9-20-18(16)23-12-7-15(8-13-23)19(25)24-10-3-2-4-11-24/h5-6,9,15H,2-4,7-8,10-13H2,1H3. The van der Waals surface area contributed by atoms with Crippen LogP contribution in [0.3, 0.4) is 0 Å². The quantitative estimate of drug-likeness (QED) is 0.843. The first kappa shape index (κ1) is 17.0. The topological polar surface area (TPSA) is 75.4 Å². The lowest BCUT2D eigenvalue weighted by Gasteiger charge is -2.36. The Bertz CT molecular complexity index is 761. The number of carbonyl (C=O) groups is 1. The van der Waals surface area contributed by atoms with E-state index in [-0.39, 0.29) is 5.92 Å². The second kappa shape index (κ2) is 7.43. The largest absolute Gasteiger partial charge is 0.356 e. The number of pyridine rings is 1. The number of anilines is 1. The predicted octanol–water partition coefficient (Wildman–Crippen LogP) is 2.67. The summed E-state index contributed by atoms with van der Waals surface area (Å²) < 4.78 is 5.12. The average Bonchev–Trinajstić information content (AvgIpc) is 3.14. The molecule has 0 atom stereocenters. The molecule has 2 aliphatic heterocycles. The maximum Gasteiger partial charge on any atom is 0.225 e. The molecule has 2 aromatic rings. The maximum atomic E-state index is 12.7. The van der Waals surface area contributed by atoms with E-state index in [0.717, 1.165) is 63.2 Å². The van der Waals surface area contributed by atoms with Gasteiger partial charge in [-0.2, -0.15) is 4.98 Å². The van der Waals surface area contributed by atoms with Crippen LogP contribution in [0.2, 0.25) is 0 Å². The predicted molar refractivity (Wildman–Crippen MR) is 97.6 cm³/mol. The monoisotopic (exact) mass is 355 g/mol. The van der Waals surface area contributed by atoms with Gasteiger partial charge in [0.1, 0.15) is 5.82 Å². The number of likely N-dealkylation sites (tertiary alicyclic amines) is 1. The molecule has 0 aliphatic carbocycles. The highest BCUT2D eigenvalue weighted by Gasteiger charge is 2.30. The Morgan fingerprint density at radius 2 is 1.92 bits per heavy atom. The van der Waals surface area contributed by atoms with Crippen molar-refractivity contribution in [2.45, 2.75) is 39.0 Å². The Kier molecular flexibility index (Phi) is 4.86. The molecule has 4 heterocycles. The van der Waals surface area contributed by atoms with Gasteiger partial charge in [0.2, 0.25) is 17.6 Å². The van der Waals surface area contributed by atoms with Gasteiger partial charge in [-0.1, -0.05) is 5.16 Å². The summed E-state index contributed by atoms with van der Waals surface area (Å²) in [5.74, 6) is 2.47.